The summed E-state index contributed by atoms with van der Waals surface area (Å²) in [6.07, 6.45) is 5.14. The molecule has 0 saturated carbocycles. The molecule has 1 amide bonds. The summed E-state index contributed by atoms with van der Waals surface area (Å²) < 4.78 is 0. The molecule has 0 aromatic heterocycles. The van der Waals surface area contributed by atoms with Crippen LogP contribution in [0, 0.1) is 12.3 Å². The van der Waals surface area contributed by atoms with E-state index in [9.17, 15) is 4.79 Å². The second kappa shape index (κ2) is 5.56. The highest BCUT2D eigenvalue weighted by Crippen LogP contribution is 2.31. The first-order valence-corrected chi connectivity index (χ1v) is 5.98. The average Bonchev–Trinajstić information content (AvgIpc) is 2.39. The molecule has 0 atom stereocenters. The Bertz CT molecular complexity index is 478. The number of hydrogen-bond acceptors (Lipinski definition) is 3. The van der Waals surface area contributed by atoms with E-state index in [2.05, 4.69) is 16.1 Å². The van der Waals surface area contributed by atoms with E-state index in [-0.39, 0.29) is 12.5 Å². The van der Waals surface area contributed by atoms with Crippen LogP contribution in [-0.4, -0.2) is 39.1 Å². The summed E-state index contributed by atoms with van der Waals surface area (Å²) in [5.41, 5.74) is 2.06. The van der Waals surface area contributed by atoms with Crippen molar-refractivity contribution in [2.75, 3.05) is 43.0 Å². The first-order chi connectivity index (χ1) is 8.74. The molecule has 1 aliphatic rings. The molecule has 0 fully saturated rings. The highest BCUT2D eigenvalue weighted by molar-refractivity contribution is 5.98. The van der Waals surface area contributed by atoms with Gasteiger partial charge in [0, 0.05) is 20.1 Å². The SMILES string of the molecule is C#CCNCC(=O)N1CCN(C)c2ccccc21. The molecule has 0 unspecified atom stereocenters. The van der Waals surface area contributed by atoms with Gasteiger partial charge in [0.15, 0.2) is 0 Å². The molecule has 0 bridgehead atoms. The minimum absolute atomic E-state index is 0.0609. The molecule has 1 aromatic carbocycles. The van der Waals surface area contributed by atoms with Gasteiger partial charge in [-0.05, 0) is 12.1 Å². The zero-order chi connectivity index (χ0) is 13.0. The van der Waals surface area contributed by atoms with Crippen LogP contribution in [0.25, 0.3) is 0 Å². The number of anilines is 2. The van der Waals surface area contributed by atoms with Crippen molar-refractivity contribution in [1.29, 1.82) is 0 Å². The van der Waals surface area contributed by atoms with Crippen LogP contribution in [0.1, 0.15) is 0 Å². The molecule has 1 aromatic rings. The molecule has 0 saturated heterocycles. The molecule has 2 rings (SSSR count). The van der Waals surface area contributed by atoms with Gasteiger partial charge in [-0.2, -0.15) is 0 Å². The van der Waals surface area contributed by atoms with Crippen LogP contribution >= 0.6 is 0 Å². The lowest BCUT2D eigenvalue weighted by Gasteiger charge is -2.35. The van der Waals surface area contributed by atoms with E-state index < -0.39 is 0 Å². The van der Waals surface area contributed by atoms with Crippen molar-refractivity contribution in [3.8, 4) is 12.3 Å². The normalized spacial score (nSPS) is 14.0. The number of carbonyl (C=O) groups excluding carboxylic acids is 1. The number of benzene rings is 1. The highest BCUT2D eigenvalue weighted by Gasteiger charge is 2.23. The first-order valence-electron chi connectivity index (χ1n) is 5.98. The molecule has 4 heteroatoms. The standard InChI is InChI=1S/C14H17N3O/c1-3-8-15-11-14(18)17-10-9-16(2)12-6-4-5-7-13(12)17/h1,4-7,15H,8-11H2,2H3. The summed E-state index contributed by atoms with van der Waals surface area (Å²) in [6, 6.07) is 7.95. The average molecular weight is 243 g/mol. The number of nitrogens with one attached hydrogen (secondary N) is 1. The van der Waals surface area contributed by atoms with E-state index in [4.69, 9.17) is 6.42 Å². The molecule has 0 spiro atoms. The van der Waals surface area contributed by atoms with Crippen molar-refractivity contribution in [2.24, 2.45) is 0 Å². The third kappa shape index (κ3) is 2.47. The summed E-state index contributed by atoms with van der Waals surface area (Å²) in [5, 5.41) is 2.93. The van der Waals surface area contributed by atoms with Gasteiger partial charge >= 0.3 is 0 Å². The number of likely N-dealkylation sites (N-methyl/N-ethyl adjacent to an activating group) is 1. The van der Waals surface area contributed by atoms with Crippen molar-refractivity contribution in [2.45, 2.75) is 0 Å². The number of para-hydroxylation sites is 2. The minimum atomic E-state index is 0.0609. The van der Waals surface area contributed by atoms with E-state index in [1.807, 2.05) is 36.2 Å². The van der Waals surface area contributed by atoms with Gasteiger partial charge in [-0.25, -0.2) is 0 Å². The van der Waals surface area contributed by atoms with Gasteiger partial charge in [-0.1, -0.05) is 18.1 Å². The number of nitrogens with zero attached hydrogens (tertiary/aromatic N) is 2. The monoisotopic (exact) mass is 243 g/mol. The summed E-state index contributed by atoms with van der Waals surface area (Å²) in [4.78, 5) is 16.1. The third-order valence-electron chi connectivity index (χ3n) is 3.05. The zero-order valence-corrected chi connectivity index (χ0v) is 10.5. The predicted molar refractivity (Wildman–Crippen MR) is 73.8 cm³/mol. The van der Waals surface area contributed by atoms with Crippen LogP contribution in [0.5, 0.6) is 0 Å². The molecular weight excluding hydrogens is 226 g/mol. The molecule has 0 aliphatic carbocycles. The maximum absolute atomic E-state index is 12.1. The summed E-state index contributed by atoms with van der Waals surface area (Å²) in [5.74, 6) is 2.52. The van der Waals surface area contributed by atoms with Gasteiger partial charge in [-0.3, -0.25) is 10.1 Å². The van der Waals surface area contributed by atoms with E-state index in [1.165, 1.54) is 0 Å². The molecule has 1 aliphatic heterocycles. The number of hydrogen-bond donors (Lipinski definition) is 1. The number of amides is 1. The van der Waals surface area contributed by atoms with E-state index in [1.54, 1.807) is 0 Å². The van der Waals surface area contributed by atoms with Crippen molar-refractivity contribution < 1.29 is 4.79 Å². The fourth-order valence-electron chi connectivity index (χ4n) is 2.10. The van der Waals surface area contributed by atoms with E-state index in [0.29, 0.717) is 13.1 Å². The number of carbonyl (C=O) groups is 1. The van der Waals surface area contributed by atoms with Gasteiger partial charge in [-0.15, -0.1) is 6.42 Å². The maximum Gasteiger partial charge on any atom is 0.241 e. The Morgan fingerprint density at radius 2 is 2.11 bits per heavy atom. The van der Waals surface area contributed by atoms with E-state index >= 15 is 0 Å². The van der Waals surface area contributed by atoms with E-state index in [0.717, 1.165) is 17.9 Å². The van der Waals surface area contributed by atoms with Gasteiger partial charge in [0.25, 0.3) is 0 Å². The van der Waals surface area contributed by atoms with Gasteiger partial charge in [0.1, 0.15) is 0 Å². The minimum Gasteiger partial charge on any atom is -0.371 e. The molecular formula is C14H17N3O. The van der Waals surface area contributed by atoms with Crippen LogP contribution in [0.2, 0.25) is 0 Å². The topological polar surface area (TPSA) is 35.6 Å². The maximum atomic E-state index is 12.1. The quantitative estimate of drug-likeness (QED) is 0.627. The van der Waals surface area contributed by atoms with Gasteiger partial charge < -0.3 is 9.80 Å². The Labute approximate surface area is 108 Å². The molecule has 0 radical (unpaired) electrons. The number of terminal acetylenes is 1. The third-order valence-corrected chi connectivity index (χ3v) is 3.05. The largest absolute Gasteiger partial charge is 0.371 e. The summed E-state index contributed by atoms with van der Waals surface area (Å²) in [6.45, 7) is 2.26. The van der Waals surface area contributed by atoms with Crippen LogP contribution < -0.4 is 15.1 Å². The zero-order valence-electron chi connectivity index (χ0n) is 10.5. The Hall–Kier alpha value is -1.99. The van der Waals surface area contributed by atoms with Crippen molar-refractivity contribution in [3.63, 3.8) is 0 Å². The molecule has 94 valence electrons. The Balaban J connectivity index is 2.14. The molecule has 18 heavy (non-hydrogen) atoms. The fraction of sp³-hybridized carbons (Fsp3) is 0.357. The lowest BCUT2D eigenvalue weighted by molar-refractivity contribution is -0.117. The molecule has 1 N–H and O–H groups in total. The van der Waals surface area contributed by atoms with Gasteiger partial charge in [0.2, 0.25) is 5.91 Å². The Kier molecular flexibility index (Phi) is 3.85. The van der Waals surface area contributed by atoms with Crippen LogP contribution in [0.15, 0.2) is 24.3 Å². The highest BCUT2D eigenvalue weighted by atomic mass is 16.2. The smallest absolute Gasteiger partial charge is 0.241 e. The predicted octanol–water partition coefficient (Wildman–Crippen LogP) is 0.692. The molecule has 1 heterocycles. The Morgan fingerprint density at radius 1 is 1.39 bits per heavy atom. The number of rotatable bonds is 3. The van der Waals surface area contributed by atoms with Crippen molar-refractivity contribution in [1.82, 2.24) is 5.32 Å². The fourth-order valence-corrected chi connectivity index (χ4v) is 2.10. The Morgan fingerprint density at radius 3 is 2.83 bits per heavy atom. The molecule has 4 nitrogen and oxygen atoms in total. The second-order valence-electron chi connectivity index (χ2n) is 4.26. The van der Waals surface area contributed by atoms with Crippen LogP contribution in [0.3, 0.4) is 0 Å². The van der Waals surface area contributed by atoms with Crippen LogP contribution in [-0.2, 0) is 4.79 Å². The van der Waals surface area contributed by atoms with Gasteiger partial charge in [0.05, 0.1) is 24.5 Å². The lowest BCUT2D eigenvalue weighted by atomic mass is 10.1. The van der Waals surface area contributed by atoms with Crippen molar-refractivity contribution >= 4 is 17.3 Å². The number of fused-ring (bicyclic) bond motifs is 1. The van der Waals surface area contributed by atoms with Crippen LogP contribution in [0.4, 0.5) is 11.4 Å². The second-order valence-corrected chi connectivity index (χ2v) is 4.26. The summed E-state index contributed by atoms with van der Waals surface area (Å²) >= 11 is 0. The summed E-state index contributed by atoms with van der Waals surface area (Å²) in [7, 11) is 2.04. The first kappa shape index (κ1) is 12.5. The van der Waals surface area contributed by atoms with Crippen molar-refractivity contribution in [3.05, 3.63) is 24.3 Å². The lowest BCUT2D eigenvalue weighted by Crippen LogP contribution is -2.46.